The summed E-state index contributed by atoms with van der Waals surface area (Å²) in [7, 11) is 0. The zero-order valence-electron chi connectivity index (χ0n) is 9.77. The van der Waals surface area contributed by atoms with Gasteiger partial charge in [-0.05, 0) is 40.5 Å². The van der Waals surface area contributed by atoms with Crippen molar-refractivity contribution in [3.63, 3.8) is 0 Å². The van der Waals surface area contributed by atoms with Crippen molar-refractivity contribution in [2.45, 2.75) is 19.9 Å². The fourth-order valence-corrected chi connectivity index (χ4v) is 2.79. The molecule has 96 valence electrons. The normalized spacial score (nSPS) is 10.7. The van der Waals surface area contributed by atoms with E-state index in [4.69, 9.17) is 0 Å². The Kier molecular flexibility index (Phi) is 4.35. The van der Waals surface area contributed by atoms with Crippen LogP contribution in [0.3, 0.4) is 0 Å². The number of rotatable bonds is 4. The van der Waals surface area contributed by atoms with E-state index in [1.54, 1.807) is 11.3 Å². The molecule has 0 spiro atoms. The van der Waals surface area contributed by atoms with E-state index >= 15 is 0 Å². The van der Waals surface area contributed by atoms with Gasteiger partial charge in [0.15, 0.2) is 0 Å². The van der Waals surface area contributed by atoms with Gasteiger partial charge in [-0.25, -0.2) is 8.78 Å². The molecular formula is C13H12BrF2NS. The molecule has 0 atom stereocenters. The smallest absolute Gasteiger partial charge is 0.149 e. The molecule has 0 amide bonds. The molecule has 1 nitrogen and oxygen atoms in total. The van der Waals surface area contributed by atoms with Gasteiger partial charge >= 0.3 is 0 Å². The highest BCUT2D eigenvalue weighted by atomic mass is 79.9. The van der Waals surface area contributed by atoms with Gasteiger partial charge in [0.25, 0.3) is 0 Å². The number of halogens is 3. The highest BCUT2D eigenvalue weighted by molar-refractivity contribution is 9.10. The van der Waals surface area contributed by atoms with Crippen molar-refractivity contribution in [1.82, 2.24) is 0 Å². The molecule has 2 aromatic rings. The quantitative estimate of drug-likeness (QED) is 0.780. The fraction of sp³-hybridized carbons (Fsp3) is 0.231. The van der Waals surface area contributed by atoms with Crippen LogP contribution in [0.1, 0.15) is 16.7 Å². The molecule has 0 radical (unpaired) electrons. The second kappa shape index (κ2) is 5.80. The molecule has 1 heterocycles. The molecule has 1 aromatic heterocycles. The number of thiophene rings is 1. The summed E-state index contributed by atoms with van der Waals surface area (Å²) in [6.07, 6.45) is 1.00. The van der Waals surface area contributed by atoms with E-state index in [2.05, 4.69) is 34.2 Å². The number of aryl methyl sites for hydroxylation is 1. The predicted octanol–water partition coefficient (Wildman–Crippen LogP) is 4.96. The van der Waals surface area contributed by atoms with Crippen molar-refractivity contribution in [2.75, 3.05) is 5.32 Å². The van der Waals surface area contributed by atoms with Crippen LogP contribution in [0.4, 0.5) is 14.5 Å². The average Bonchev–Trinajstić information content (AvgIpc) is 2.80. The molecule has 5 heteroatoms. The maximum Gasteiger partial charge on any atom is 0.149 e. The molecule has 0 saturated heterocycles. The summed E-state index contributed by atoms with van der Waals surface area (Å²) in [5.41, 5.74) is 0.301. The van der Waals surface area contributed by atoms with Gasteiger partial charge < -0.3 is 5.32 Å². The van der Waals surface area contributed by atoms with E-state index in [0.29, 0.717) is 12.2 Å². The first kappa shape index (κ1) is 13.5. The Morgan fingerprint density at radius 2 is 1.89 bits per heavy atom. The Labute approximate surface area is 117 Å². The molecule has 1 N–H and O–H groups in total. The van der Waals surface area contributed by atoms with Crippen molar-refractivity contribution < 1.29 is 8.78 Å². The van der Waals surface area contributed by atoms with Gasteiger partial charge in [-0.3, -0.25) is 0 Å². The van der Waals surface area contributed by atoms with Crippen LogP contribution in [0.15, 0.2) is 28.7 Å². The third-order valence-corrected chi connectivity index (χ3v) is 4.37. The van der Waals surface area contributed by atoms with Crippen LogP contribution in [0.25, 0.3) is 0 Å². The Morgan fingerprint density at radius 3 is 2.56 bits per heavy atom. The van der Waals surface area contributed by atoms with E-state index in [1.807, 2.05) is 6.07 Å². The first-order chi connectivity index (χ1) is 8.60. The number of benzene rings is 1. The van der Waals surface area contributed by atoms with Gasteiger partial charge in [0.05, 0.1) is 10.2 Å². The Balaban J connectivity index is 2.08. The maximum absolute atomic E-state index is 13.5. The molecule has 0 fully saturated rings. The minimum Gasteiger partial charge on any atom is -0.378 e. The number of anilines is 1. The van der Waals surface area contributed by atoms with Crippen molar-refractivity contribution >= 4 is 33.0 Å². The highest BCUT2D eigenvalue weighted by Gasteiger charge is 2.08. The van der Waals surface area contributed by atoms with Crippen LogP contribution in [0.5, 0.6) is 0 Å². The van der Waals surface area contributed by atoms with E-state index in [9.17, 15) is 8.78 Å². The highest BCUT2D eigenvalue weighted by Crippen LogP contribution is 2.25. The van der Waals surface area contributed by atoms with E-state index in [1.165, 1.54) is 10.9 Å². The van der Waals surface area contributed by atoms with Crippen molar-refractivity contribution in [3.05, 3.63) is 50.1 Å². The van der Waals surface area contributed by atoms with E-state index in [-0.39, 0.29) is 4.47 Å². The van der Waals surface area contributed by atoms with Gasteiger partial charge in [0.1, 0.15) is 11.6 Å². The van der Waals surface area contributed by atoms with Crippen LogP contribution in [0.2, 0.25) is 0 Å². The monoisotopic (exact) mass is 331 g/mol. The fourth-order valence-electron chi connectivity index (χ4n) is 1.55. The molecule has 1 aromatic carbocycles. The Hall–Kier alpha value is -0.940. The third-order valence-electron chi connectivity index (χ3n) is 2.53. The zero-order valence-corrected chi connectivity index (χ0v) is 12.2. The molecule has 2 rings (SSSR count). The number of nitrogens with one attached hydrogen (secondary N) is 1. The van der Waals surface area contributed by atoms with Crippen LogP contribution in [-0.2, 0) is 13.0 Å². The van der Waals surface area contributed by atoms with Crippen LogP contribution < -0.4 is 5.32 Å². The van der Waals surface area contributed by atoms with Crippen LogP contribution in [-0.4, -0.2) is 0 Å². The maximum atomic E-state index is 13.5. The summed E-state index contributed by atoms with van der Waals surface area (Å²) in [6, 6.07) is 6.38. The standard InChI is InChI=1S/C13H12BrF2NS/c1-2-8-3-4-9(18-8)7-17-13-5-10(14)11(15)6-12(13)16/h3-6,17H,2,7H2,1H3. The minimum atomic E-state index is -0.595. The second-order valence-electron chi connectivity index (χ2n) is 3.82. The number of hydrogen-bond acceptors (Lipinski definition) is 2. The lowest BCUT2D eigenvalue weighted by Crippen LogP contribution is -2.00. The lowest BCUT2D eigenvalue weighted by molar-refractivity contribution is 0.580. The summed E-state index contributed by atoms with van der Waals surface area (Å²) < 4.78 is 26.8. The molecule has 18 heavy (non-hydrogen) atoms. The van der Waals surface area contributed by atoms with Crippen molar-refractivity contribution in [2.24, 2.45) is 0 Å². The van der Waals surface area contributed by atoms with E-state index in [0.717, 1.165) is 17.4 Å². The van der Waals surface area contributed by atoms with Gasteiger partial charge in [-0.2, -0.15) is 0 Å². The first-order valence-corrected chi connectivity index (χ1v) is 7.17. The van der Waals surface area contributed by atoms with Crippen LogP contribution >= 0.6 is 27.3 Å². The topological polar surface area (TPSA) is 12.0 Å². The number of hydrogen-bond donors (Lipinski definition) is 1. The lowest BCUT2D eigenvalue weighted by Gasteiger charge is -2.07. The second-order valence-corrected chi connectivity index (χ2v) is 5.93. The molecule has 0 unspecified atom stereocenters. The third kappa shape index (κ3) is 3.09. The van der Waals surface area contributed by atoms with Crippen LogP contribution in [0, 0.1) is 11.6 Å². The van der Waals surface area contributed by atoms with E-state index < -0.39 is 11.6 Å². The molecular weight excluding hydrogens is 320 g/mol. The van der Waals surface area contributed by atoms with Gasteiger partial charge in [-0.1, -0.05) is 6.92 Å². The molecule has 0 aliphatic carbocycles. The zero-order chi connectivity index (χ0) is 13.1. The largest absolute Gasteiger partial charge is 0.378 e. The van der Waals surface area contributed by atoms with Gasteiger partial charge in [0, 0.05) is 22.4 Å². The van der Waals surface area contributed by atoms with Gasteiger partial charge in [-0.15, -0.1) is 11.3 Å². The van der Waals surface area contributed by atoms with Crippen molar-refractivity contribution in [3.8, 4) is 0 Å². The summed E-state index contributed by atoms with van der Waals surface area (Å²) in [5, 5.41) is 2.97. The predicted molar refractivity (Wildman–Crippen MR) is 75.1 cm³/mol. The molecule has 0 aliphatic heterocycles. The average molecular weight is 332 g/mol. The summed E-state index contributed by atoms with van der Waals surface area (Å²) in [5.74, 6) is -1.18. The Bertz CT molecular complexity index is 554. The lowest BCUT2D eigenvalue weighted by atomic mass is 10.3. The molecule has 0 bridgehead atoms. The summed E-state index contributed by atoms with van der Waals surface area (Å²) >= 11 is 4.74. The first-order valence-electron chi connectivity index (χ1n) is 5.56. The SMILES string of the molecule is CCc1ccc(CNc2cc(Br)c(F)cc2F)s1. The van der Waals surface area contributed by atoms with Crippen molar-refractivity contribution in [1.29, 1.82) is 0 Å². The summed E-state index contributed by atoms with van der Waals surface area (Å²) in [6.45, 7) is 2.64. The molecule has 0 saturated carbocycles. The minimum absolute atomic E-state index is 0.256. The molecule has 0 aliphatic rings. The van der Waals surface area contributed by atoms with Gasteiger partial charge in [0.2, 0.25) is 0 Å². The Morgan fingerprint density at radius 1 is 1.17 bits per heavy atom. The summed E-state index contributed by atoms with van der Waals surface area (Å²) in [4.78, 5) is 2.43.